The van der Waals surface area contributed by atoms with E-state index in [0.29, 0.717) is 11.8 Å². The molecule has 0 aromatic carbocycles. The van der Waals surface area contributed by atoms with Gasteiger partial charge in [-0.2, -0.15) is 0 Å². The lowest BCUT2D eigenvalue weighted by molar-refractivity contribution is -0.0491. The smallest absolute Gasteiger partial charge is 0.0662 e. The highest BCUT2D eigenvalue weighted by molar-refractivity contribution is 4.89. The molecule has 0 amide bonds. The fourth-order valence-corrected chi connectivity index (χ4v) is 3.43. The van der Waals surface area contributed by atoms with Crippen molar-refractivity contribution in [3.05, 3.63) is 0 Å². The van der Waals surface area contributed by atoms with Crippen LogP contribution in [0.25, 0.3) is 0 Å². The predicted molar refractivity (Wildman–Crippen MR) is 78.7 cm³/mol. The summed E-state index contributed by atoms with van der Waals surface area (Å²) in [4.78, 5) is 0. The van der Waals surface area contributed by atoms with Crippen molar-refractivity contribution in [2.24, 2.45) is 17.8 Å². The molecule has 18 heavy (non-hydrogen) atoms. The zero-order valence-corrected chi connectivity index (χ0v) is 12.8. The molecule has 108 valence electrons. The molecule has 2 N–H and O–H groups in total. The van der Waals surface area contributed by atoms with E-state index in [1.54, 1.807) is 0 Å². The van der Waals surface area contributed by atoms with Gasteiger partial charge >= 0.3 is 0 Å². The quantitative estimate of drug-likeness (QED) is 0.681. The van der Waals surface area contributed by atoms with Crippen LogP contribution in [0.5, 0.6) is 0 Å². The van der Waals surface area contributed by atoms with E-state index in [1.807, 2.05) is 0 Å². The second-order valence-electron chi connectivity index (χ2n) is 6.76. The third-order valence-corrected chi connectivity index (χ3v) is 4.59. The predicted octanol–water partition coefficient (Wildman–Crippen LogP) is 3.59. The maximum absolute atomic E-state index is 10.8. The average molecular weight is 255 g/mol. The molecule has 1 fully saturated rings. The molecule has 1 aliphatic rings. The van der Waals surface area contributed by atoms with Crippen molar-refractivity contribution in [3.8, 4) is 0 Å². The first-order valence-corrected chi connectivity index (χ1v) is 7.90. The highest BCUT2D eigenvalue weighted by Gasteiger charge is 2.37. The van der Waals surface area contributed by atoms with E-state index >= 15 is 0 Å². The number of aliphatic hydroxyl groups is 1. The normalized spacial score (nSPS) is 28.3. The Balaban J connectivity index is 2.40. The Morgan fingerprint density at radius 1 is 1.28 bits per heavy atom. The van der Waals surface area contributed by atoms with Gasteiger partial charge in [-0.3, -0.25) is 0 Å². The van der Waals surface area contributed by atoms with Crippen molar-refractivity contribution in [1.82, 2.24) is 5.32 Å². The number of hydrogen-bond acceptors (Lipinski definition) is 2. The summed E-state index contributed by atoms with van der Waals surface area (Å²) in [6.45, 7) is 10.8. The fourth-order valence-electron chi connectivity index (χ4n) is 3.43. The molecule has 0 heterocycles. The minimum absolute atomic E-state index is 0.481. The van der Waals surface area contributed by atoms with Crippen molar-refractivity contribution in [2.75, 3.05) is 13.1 Å². The molecule has 2 nitrogen and oxygen atoms in total. The molecule has 0 bridgehead atoms. The molecular formula is C16H33NO. The fraction of sp³-hybridized carbons (Fsp3) is 1.00. The maximum atomic E-state index is 10.8. The SMILES string of the molecule is CCC1CCCCC1C(C)(O)CCNCC(C)C. The zero-order chi connectivity index (χ0) is 13.6. The Labute approximate surface area is 114 Å². The van der Waals surface area contributed by atoms with Crippen LogP contribution >= 0.6 is 0 Å². The van der Waals surface area contributed by atoms with Gasteiger partial charge in [0.15, 0.2) is 0 Å². The van der Waals surface area contributed by atoms with Gasteiger partial charge in [0.25, 0.3) is 0 Å². The largest absolute Gasteiger partial charge is 0.390 e. The van der Waals surface area contributed by atoms with Crippen molar-refractivity contribution >= 4 is 0 Å². The van der Waals surface area contributed by atoms with Crippen LogP contribution in [0, 0.1) is 17.8 Å². The van der Waals surface area contributed by atoms with Gasteiger partial charge in [-0.15, -0.1) is 0 Å². The Morgan fingerprint density at radius 2 is 1.94 bits per heavy atom. The lowest BCUT2D eigenvalue weighted by atomic mass is 9.68. The number of nitrogens with one attached hydrogen (secondary N) is 1. The van der Waals surface area contributed by atoms with E-state index in [0.717, 1.165) is 25.4 Å². The van der Waals surface area contributed by atoms with Crippen LogP contribution in [-0.2, 0) is 0 Å². The Hall–Kier alpha value is -0.0800. The Kier molecular flexibility index (Phi) is 6.65. The van der Waals surface area contributed by atoms with E-state index in [1.165, 1.54) is 32.1 Å². The van der Waals surface area contributed by atoms with Crippen molar-refractivity contribution < 1.29 is 5.11 Å². The Bertz CT molecular complexity index is 225. The summed E-state index contributed by atoms with van der Waals surface area (Å²) in [6, 6.07) is 0. The van der Waals surface area contributed by atoms with E-state index in [4.69, 9.17) is 0 Å². The van der Waals surface area contributed by atoms with Crippen molar-refractivity contribution in [2.45, 2.75) is 71.8 Å². The van der Waals surface area contributed by atoms with E-state index in [2.05, 4.69) is 33.0 Å². The second-order valence-corrected chi connectivity index (χ2v) is 6.76. The first-order chi connectivity index (χ1) is 8.47. The molecule has 0 aromatic rings. The molecule has 0 aromatic heterocycles. The van der Waals surface area contributed by atoms with Crippen LogP contribution in [0.1, 0.15) is 66.2 Å². The lowest BCUT2D eigenvalue weighted by Gasteiger charge is -2.41. The third-order valence-electron chi connectivity index (χ3n) is 4.59. The summed E-state index contributed by atoms with van der Waals surface area (Å²) in [7, 11) is 0. The van der Waals surface area contributed by atoms with Crippen LogP contribution in [0.3, 0.4) is 0 Å². The number of rotatable bonds is 7. The first-order valence-electron chi connectivity index (χ1n) is 7.90. The molecule has 0 spiro atoms. The third kappa shape index (κ3) is 4.89. The van der Waals surface area contributed by atoms with Crippen molar-refractivity contribution in [3.63, 3.8) is 0 Å². The molecule has 3 atom stereocenters. The van der Waals surface area contributed by atoms with E-state index in [-0.39, 0.29) is 0 Å². The van der Waals surface area contributed by atoms with Crippen LogP contribution in [-0.4, -0.2) is 23.8 Å². The minimum Gasteiger partial charge on any atom is -0.390 e. The first kappa shape index (κ1) is 16.0. The molecular weight excluding hydrogens is 222 g/mol. The average Bonchev–Trinajstić information content (AvgIpc) is 2.34. The van der Waals surface area contributed by atoms with Crippen molar-refractivity contribution in [1.29, 1.82) is 0 Å². The standard InChI is InChI=1S/C16H33NO/c1-5-14-8-6-7-9-15(14)16(4,18)10-11-17-12-13(2)3/h13-15,17-18H,5-12H2,1-4H3. The van der Waals surface area contributed by atoms with Gasteiger partial charge in [-0.1, -0.05) is 46.5 Å². The topological polar surface area (TPSA) is 32.3 Å². The number of hydrogen-bond donors (Lipinski definition) is 2. The van der Waals surface area contributed by atoms with Gasteiger partial charge in [0.2, 0.25) is 0 Å². The van der Waals surface area contributed by atoms with Crippen LogP contribution in [0.2, 0.25) is 0 Å². The molecule has 3 unspecified atom stereocenters. The van der Waals surface area contributed by atoms with E-state index in [9.17, 15) is 5.11 Å². The summed E-state index contributed by atoms with van der Waals surface area (Å²) in [5.74, 6) is 1.93. The molecule has 1 aliphatic carbocycles. The van der Waals surface area contributed by atoms with Gasteiger partial charge in [0.1, 0.15) is 0 Å². The van der Waals surface area contributed by atoms with Gasteiger partial charge in [0.05, 0.1) is 5.60 Å². The summed E-state index contributed by atoms with van der Waals surface area (Å²) in [5, 5.41) is 14.2. The van der Waals surface area contributed by atoms with Crippen LogP contribution in [0.15, 0.2) is 0 Å². The van der Waals surface area contributed by atoms with Gasteiger partial charge < -0.3 is 10.4 Å². The monoisotopic (exact) mass is 255 g/mol. The van der Waals surface area contributed by atoms with Crippen LogP contribution in [0.4, 0.5) is 0 Å². The molecule has 2 heteroatoms. The highest BCUT2D eigenvalue weighted by Crippen LogP contribution is 2.40. The Morgan fingerprint density at radius 3 is 2.56 bits per heavy atom. The highest BCUT2D eigenvalue weighted by atomic mass is 16.3. The summed E-state index contributed by atoms with van der Waals surface area (Å²) in [5.41, 5.74) is -0.481. The maximum Gasteiger partial charge on any atom is 0.0662 e. The van der Waals surface area contributed by atoms with Gasteiger partial charge in [0, 0.05) is 0 Å². The molecule has 0 radical (unpaired) electrons. The summed E-state index contributed by atoms with van der Waals surface area (Å²) >= 11 is 0. The molecule has 1 saturated carbocycles. The van der Waals surface area contributed by atoms with Crippen LogP contribution < -0.4 is 5.32 Å². The van der Waals surface area contributed by atoms with E-state index < -0.39 is 5.60 Å². The zero-order valence-electron chi connectivity index (χ0n) is 12.8. The lowest BCUT2D eigenvalue weighted by Crippen LogP contribution is -2.43. The molecule has 0 saturated heterocycles. The minimum atomic E-state index is -0.481. The van der Waals surface area contributed by atoms with Gasteiger partial charge in [-0.25, -0.2) is 0 Å². The second kappa shape index (κ2) is 7.49. The summed E-state index contributed by atoms with van der Waals surface area (Å²) in [6.07, 6.45) is 7.31. The summed E-state index contributed by atoms with van der Waals surface area (Å²) < 4.78 is 0. The molecule has 1 rings (SSSR count). The molecule has 0 aliphatic heterocycles. The van der Waals surface area contributed by atoms with Gasteiger partial charge in [-0.05, 0) is 50.6 Å².